The van der Waals surface area contributed by atoms with Crippen LogP contribution >= 0.6 is 0 Å². The zero-order valence-corrected chi connectivity index (χ0v) is 11.7. The number of nitrogens with one attached hydrogen (secondary N) is 1. The van der Waals surface area contributed by atoms with E-state index in [1.165, 1.54) is 7.11 Å². The van der Waals surface area contributed by atoms with Crippen LogP contribution in [0.1, 0.15) is 12.3 Å². The van der Waals surface area contributed by atoms with Crippen LogP contribution in [0.2, 0.25) is 0 Å². The molecule has 0 fully saturated rings. The van der Waals surface area contributed by atoms with Gasteiger partial charge in [-0.2, -0.15) is 0 Å². The quantitative estimate of drug-likeness (QED) is 0.816. The molecular formula is C15H16N2O4. The van der Waals surface area contributed by atoms with E-state index in [-0.39, 0.29) is 18.9 Å². The number of carbonyl (C=O) groups is 2. The number of benzene rings is 1. The Bertz CT molecular complexity index is 607. The summed E-state index contributed by atoms with van der Waals surface area (Å²) in [6.07, 6.45) is 2.21. The first-order valence-corrected chi connectivity index (χ1v) is 6.52. The minimum absolute atomic E-state index is 0.129. The van der Waals surface area contributed by atoms with Crippen molar-refractivity contribution >= 4 is 11.9 Å². The van der Waals surface area contributed by atoms with E-state index >= 15 is 0 Å². The van der Waals surface area contributed by atoms with E-state index in [9.17, 15) is 9.59 Å². The second-order valence-electron chi connectivity index (χ2n) is 4.34. The molecule has 1 aromatic heterocycles. The highest BCUT2D eigenvalue weighted by atomic mass is 16.5. The summed E-state index contributed by atoms with van der Waals surface area (Å²) >= 11 is 0. The molecule has 0 aliphatic rings. The second kappa shape index (κ2) is 7.23. The lowest BCUT2D eigenvalue weighted by Gasteiger charge is -2.02. The summed E-state index contributed by atoms with van der Waals surface area (Å²) in [4.78, 5) is 26.5. The van der Waals surface area contributed by atoms with E-state index < -0.39 is 5.97 Å². The SMILES string of the molecule is COC(=O)CNC(=O)CCc1ncc(-c2ccccc2)o1. The number of amides is 1. The number of methoxy groups -OCH3 is 1. The molecule has 0 bridgehead atoms. The molecule has 1 aromatic carbocycles. The molecule has 0 aliphatic carbocycles. The van der Waals surface area contributed by atoms with Crippen molar-refractivity contribution in [3.05, 3.63) is 42.4 Å². The van der Waals surface area contributed by atoms with Gasteiger partial charge in [0.05, 0.1) is 13.3 Å². The molecule has 110 valence electrons. The molecular weight excluding hydrogens is 272 g/mol. The maximum atomic E-state index is 11.5. The average molecular weight is 288 g/mol. The van der Waals surface area contributed by atoms with Crippen molar-refractivity contribution < 1.29 is 18.7 Å². The zero-order chi connectivity index (χ0) is 15.1. The van der Waals surface area contributed by atoms with E-state index in [0.29, 0.717) is 18.1 Å². The number of esters is 1. The molecule has 0 aliphatic heterocycles. The van der Waals surface area contributed by atoms with Crippen LogP contribution in [-0.4, -0.2) is 30.5 Å². The summed E-state index contributed by atoms with van der Waals surface area (Å²) < 4.78 is 10.0. The second-order valence-corrected chi connectivity index (χ2v) is 4.34. The Balaban J connectivity index is 1.83. The lowest BCUT2D eigenvalue weighted by Crippen LogP contribution is -2.30. The number of aromatic nitrogens is 1. The average Bonchev–Trinajstić information content (AvgIpc) is 3.00. The number of hydrogen-bond donors (Lipinski definition) is 1. The lowest BCUT2D eigenvalue weighted by atomic mass is 10.2. The standard InChI is InChI=1S/C15H16N2O4/c1-20-15(19)10-16-13(18)7-8-14-17-9-12(21-14)11-5-3-2-4-6-11/h2-6,9H,7-8,10H2,1H3,(H,16,18). The third kappa shape index (κ3) is 4.45. The van der Waals surface area contributed by atoms with Crippen LogP contribution in [0.25, 0.3) is 11.3 Å². The highest BCUT2D eigenvalue weighted by Gasteiger charge is 2.09. The highest BCUT2D eigenvalue weighted by molar-refractivity contribution is 5.81. The predicted molar refractivity (Wildman–Crippen MR) is 75.3 cm³/mol. The van der Waals surface area contributed by atoms with Gasteiger partial charge < -0.3 is 14.5 Å². The summed E-state index contributed by atoms with van der Waals surface area (Å²) in [6, 6.07) is 9.60. The third-order valence-corrected chi connectivity index (χ3v) is 2.84. The molecule has 2 rings (SSSR count). The van der Waals surface area contributed by atoms with Gasteiger partial charge in [-0.05, 0) is 0 Å². The van der Waals surface area contributed by atoms with Crippen molar-refractivity contribution in [1.29, 1.82) is 0 Å². The molecule has 6 nitrogen and oxygen atoms in total. The molecule has 0 saturated carbocycles. The van der Waals surface area contributed by atoms with Gasteiger partial charge in [0.25, 0.3) is 0 Å². The van der Waals surface area contributed by atoms with Crippen LogP contribution in [0, 0.1) is 0 Å². The largest absolute Gasteiger partial charge is 0.468 e. The van der Waals surface area contributed by atoms with Gasteiger partial charge in [0, 0.05) is 18.4 Å². The van der Waals surface area contributed by atoms with E-state index in [0.717, 1.165) is 5.56 Å². The zero-order valence-electron chi connectivity index (χ0n) is 11.7. The molecule has 2 aromatic rings. The third-order valence-electron chi connectivity index (χ3n) is 2.84. The molecule has 21 heavy (non-hydrogen) atoms. The Kier molecular flexibility index (Phi) is 5.09. The van der Waals surface area contributed by atoms with E-state index in [2.05, 4.69) is 15.0 Å². The van der Waals surface area contributed by atoms with Crippen molar-refractivity contribution in [2.75, 3.05) is 13.7 Å². The number of aryl methyl sites for hydroxylation is 1. The van der Waals surface area contributed by atoms with Gasteiger partial charge >= 0.3 is 5.97 Å². The minimum Gasteiger partial charge on any atom is -0.468 e. The van der Waals surface area contributed by atoms with Crippen molar-refractivity contribution in [1.82, 2.24) is 10.3 Å². The molecule has 0 saturated heterocycles. The number of oxazole rings is 1. The van der Waals surface area contributed by atoms with Crippen LogP contribution in [0.15, 0.2) is 40.9 Å². The molecule has 6 heteroatoms. The van der Waals surface area contributed by atoms with E-state index in [1.54, 1.807) is 6.20 Å². The Labute approximate surface area is 122 Å². The normalized spacial score (nSPS) is 10.1. The first-order chi connectivity index (χ1) is 10.2. The number of ether oxygens (including phenoxy) is 1. The van der Waals surface area contributed by atoms with Gasteiger partial charge in [0.15, 0.2) is 11.7 Å². The van der Waals surface area contributed by atoms with Crippen LogP contribution in [0.3, 0.4) is 0 Å². The number of rotatable bonds is 6. The molecule has 0 atom stereocenters. The summed E-state index contributed by atoms with van der Waals surface area (Å²) in [5.41, 5.74) is 0.936. The smallest absolute Gasteiger partial charge is 0.325 e. The molecule has 1 heterocycles. The van der Waals surface area contributed by atoms with Crippen molar-refractivity contribution in [2.24, 2.45) is 0 Å². The summed E-state index contributed by atoms with van der Waals surface area (Å²) in [6.45, 7) is -0.129. The van der Waals surface area contributed by atoms with Gasteiger partial charge in [-0.3, -0.25) is 9.59 Å². The Morgan fingerprint density at radius 1 is 1.29 bits per heavy atom. The molecule has 0 spiro atoms. The molecule has 1 amide bonds. The Morgan fingerprint density at radius 2 is 2.05 bits per heavy atom. The first kappa shape index (κ1) is 14.8. The maximum absolute atomic E-state index is 11.5. The van der Waals surface area contributed by atoms with Gasteiger partial charge in [-0.25, -0.2) is 4.98 Å². The fraction of sp³-hybridized carbons (Fsp3) is 0.267. The predicted octanol–water partition coefficient (Wildman–Crippen LogP) is 1.56. The summed E-state index contributed by atoms with van der Waals surface area (Å²) in [5, 5.41) is 2.46. The van der Waals surface area contributed by atoms with Crippen LogP contribution in [0.4, 0.5) is 0 Å². The van der Waals surface area contributed by atoms with Gasteiger partial charge in [0.2, 0.25) is 5.91 Å². The van der Waals surface area contributed by atoms with Crippen molar-refractivity contribution in [3.63, 3.8) is 0 Å². The van der Waals surface area contributed by atoms with Crippen molar-refractivity contribution in [3.8, 4) is 11.3 Å². The van der Waals surface area contributed by atoms with Gasteiger partial charge in [0.1, 0.15) is 6.54 Å². The molecule has 0 unspecified atom stereocenters. The molecule has 0 radical (unpaired) electrons. The van der Waals surface area contributed by atoms with Gasteiger partial charge in [-0.15, -0.1) is 0 Å². The number of hydrogen-bond acceptors (Lipinski definition) is 5. The Morgan fingerprint density at radius 3 is 2.76 bits per heavy atom. The topological polar surface area (TPSA) is 81.4 Å². The highest BCUT2D eigenvalue weighted by Crippen LogP contribution is 2.20. The fourth-order valence-corrected chi connectivity index (χ4v) is 1.71. The van der Waals surface area contributed by atoms with Crippen LogP contribution in [0.5, 0.6) is 0 Å². The molecule has 1 N–H and O–H groups in total. The summed E-state index contributed by atoms with van der Waals surface area (Å²) in [7, 11) is 1.27. The minimum atomic E-state index is -0.481. The van der Waals surface area contributed by atoms with Crippen LogP contribution in [-0.2, 0) is 20.7 Å². The van der Waals surface area contributed by atoms with Crippen LogP contribution < -0.4 is 5.32 Å². The number of nitrogens with zero attached hydrogens (tertiary/aromatic N) is 1. The summed E-state index contributed by atoms with van der Waals surface area (Å²) in [5.74, 6) is 0.424. The first-order valence-electron chi connectivity index (χ1n) is 6.52. The van der Waals surface area contributed by atoms with E-state index in [1.807, 2.05) is 30.3 Å². The fourth-order valence-electron chi connectivity index (χ4n) is 1.71. The maximum Gasteiger partial charge on any atom is 0.325 e. The van der Waals surface area contributed by atoms with E-state index in [4.69, 9.17) is 4.42 Å². The van der Waals surface area contributed by atoms with Gasteiger partial charge in [-0.1, -0.05) is 30.3 Å². The van der Waals surface area contributed by atoms with Crippen molar-refractivity contribution in [2.45, 2.75) is 12.8 Å². The lowest BCUT2D eigenvalue weighted by molar-refractivity contribution is -0.141. The number of carbonyl (C=O) groups excluding carboxylic acids is 2. The monoisotopic (exact) mass is 288 g/mol. The Hall–Kier alpha value is -2.63.